The molecular weight excluding hydrogens is 460 g/mol. The summed E-state index contributed by atoms with van der Waals surface area (Å²) >= 11 is 0. The van der Waals surface area contributed by atoms with Crippen molar-refractivity contribution < 1.29 is 28.5 Å². The molecule has 0 saturated heterocycles. The van der Waals surface area contributed by atoms with Gasteiger partial charge in [-0.1, -0.05) is 41.5 Å². The lowest BCUT2D eigenvalue weighted by Gasteiger charge is -2.43. The predicted octanol–water partition coefficient (Wildman–Crippen LogP) is 6.35. The highest BCUT2D eigenvalue weighted by molar-refractivity contribution is 6.77. The molecule has 0 fully saturated rings. The molecule has 0 bridgehead atoms. The van der Waals surface area contributed by atoms with E-state index in [2.05, 4.69) is 47.6 Å². The molecule has 0 amide bonds. The van der Waals surface area contributed by atoms with Gasteiger partial charge in [-0.25, -0.2) is 0 Å². The lowest BCUT2D eigenvalue weighted by molar-refractivity contribution is 0.171. The van der Waals surface area contributed by atoms with Crippen LogP contribution in [0, 0.1) is 0 Å². The smallest absolute Gasteiger partial charge is 0.231 e. The van der Waals surface area contributed by atoms with Gasteiger partial charge in [-0.3, -0.25) is 0 Å². The number of rotatable bonds is 8. The van der Waals surface area contributed by atoms with E-state index in [4.69, 9.17) is 23.4 Å². The van der Waals surface area contributed by atoms with Crippen LogP contribution in [0.15, 0.2) is 24.3 Å². The molecule has 1 heterocycles. The number of methoxy groups -OCH3 is 2. The molecule has 6 nitrogen and oxygen atoms in total. The van der Waals surface area contributed by atoms with Crippen molar-refractivity contribution in [1.82, 2.24) is 0 Å². The Morgan fingerprint density at radius 2 is 1.37 bits per heavy atom. The molecule has 2 atom stereocenters. The van der Waals surface area contributed by atoms with E-state index in [0.29, 0.717) is 52.6 Å². The van der Waals surface area contributed by atoms with Crippen molar-refractivity contribution in [2.45, 2.75) is 76.6 Å². The van der Waals surface area contributed by atoms with Gasteiger partial charge in [-0.05, 0) is 63.1 Å². The van der Waals surface area contributed by atoms with Crippen LogP contribution in [0.1, 0.15) is 75.8 Å². The first-order valence-electron chi connectivity index (χ1n) is 12.6. The number of fused-ring (bicyclic) bond motifs is 3. The lowest BCUT2D eigenvalue weighted by atomic mass is 9.88. The minimum absolute atomic E-state index is 0.0884. The van der Waals surface area contributed by atoms with Gasteiger partial charge in [0, 0.05) is 18.9 Å². The fourth-order valence-corrected chi connectivity index (χ4v) is 11.9. The zero-order valence-corrected chi connectivity index (χ0v) is 23.3. The van der Waals surface area contributed by atoms with Crippen molar-refractivity contribution in [3.63, 3.8) is 0 Å². The largest absolute Gasteiger partial charge is 0.493 e. The maximum Gasteiger partial charge on any atom is 0.231 e. The van der Waals surface area contributed by atoms with E-state index in [1.807, 2.05) is 18.2 Å². The molecule has 0 radical (unpaired) electrons. The molecule has 1 N–H and O–H groups in total. The molecular formula is C28H40O6Si. The second-order valence-corrected chi connectivity index (χ2v) is 16.1. The van der Waals surface area contributed by atoms with Crippen LogP contribution in [0.2, 0.25) is 16.6 Å². The van der Waals surface area contributed by atoms with Gasteiger partial charge in [-0.15, -0.1) is 0 Å². The van der Waals surface area contributed by atoms with Crippen LogP contribution in [0.4, 0.5) is 0 Å². The van der Waals surface area contributed by atoms with Crippen molar-refractivity contribution in [1.29, 1.82) is 0 Å². The van der Waals surface area contributed by atoms with Crippen molar-refractivity contribution in [3.05, 3.63) is 46.5 Å². The molecule has 0 saturated carbocycles. The van der Waals surface area contributed by atoms with Gasteiger partial charge >= 0.3 is 0 Å². The Balaban J connectivity index is 1.88. The average Bonchev–Trinajstić information content (AvgIpc) is 3.24. The molecule has 2 aromatic rings. The molecule has 192 valence electrons. The zero-order chi connectivity index (χ0) is 25.5. The molecule has 2 aromatic carbocycles. The zero-order valence-electron chi connectivity index (χ0n) is 22.3. The van der Waals surface area contributed by atoms with Crippen LogP contribution >= 0.6 is 0 Å². The first-order valence-corrected chi connectivity index (χ1v) is 14.8. The van der Waals surface area contributed by atoms with Gasteiger partial charge < -0.3 is 28.5 Å². The third-order valence-electron chi connectivity index (χ3n) is 7.95. The van der Waals surface area contributed by atoms with Gasteiger partial charge in [0.1, 0.15) is 0 Å². The Labute approximate surface area is 210 Å². The first-order chi connectivity index (χ1) is 16.6. The Morgan fingerprint density at radius 3 is 1.91 bits per heavy atom. The average molecular weight is 501 g/mol. The molecule has 1 aliphatic heterocycles. The first kappa shape index (κ1) is 25.9. The van der Waals surface area contributed by atoms with Crippen LogP contribution in [0.25, 0.3) is 0 Å². The van der Waals surface area contributed by atoms with E-state index in [0.717, 1.165) is 22.3 Å². The fourth-order valence-electron chi connectivity index (χ4n) is 6.39. The summed E-state index contributed by atoms with van der Waals surface area (Å²) in [4.78, 5) is 0. The van der Waals surface area contributed by atoms with E-state index in [9.17, 15) is 5.11 Å². The van der Waals surface area contributed by atoms with Crippen molar-refractivity contribution in [2.75, 3.05) is 27.6 Å². The third kappa shape index (κ3) is 4.43. The molecule has 0 spiro atoms. The second-order valence-electron chi connectivity index (χ2n) is 10.6. The summed E-state index contributed by atoms with van der Waals surface area (Å²) in [7, 11) is 1.17. The van der Waals surface area contributed by atoms with Crippen LogP contribution in [0.5, 0.6) is 23.0 Å². The summed E-state index contributed by atoms with van der Waals surface area (Å²) in [5, 5.41) is 11.3. The number of ether oxygens (including phenoxy) is 4. The standard InChI is InChI=1S/C28H40O6Si/c1-16(2)35(17(3)4,18(5)6)34-14-23-20-11-26(31-8)25(30-7)10-19(20)9-24(29)22-13-28-27(12-21(22)23)32-15-33-28/h10-13,16-18,23-24,29H,9,14-15H2,1-8H3/t23-,24-/m1/s1. The van der Waals surface area contributed by atoms with E-state index in [1.54, 1.807) is 14.2 Å². The number of hydrogen-bond acceptors (Lipinski definition) is 6. The SMILES string of the molecule is COc1cc2c(cc1OC)[C@@H](CO[Si](C(C)C)(C(C)C)C(C)C)c1cc3c(cc1[C@H](O)C2)OCO3. The van der Waals surface area contributed by atoms with Crippen molar-refractivity contribution >= 4 is 8.32 Å². The van der Waals surface area contributed by atoms with Gasteiger partial charge in [0.05, 0.1) is 20.3 Å². The van der Waals surface area contributed by atoms with E-state index >= 15 is 0 Å². The van der Waals surface area contributed by atoms with E-state index in [-0.39, 0.29) is 12.7 Å². The van der Waals surface area contributed by atoms with Gasteiger partial charge in [0.2, 0.25) is 6.79 Å². The number of aliphatic hydroxyl groups excluding tert-OH is 1. The van der Waals surface area contributed by atoms with E-state index < -0.39 is 14.4 Å². The number of hydrogen-bond donors (Lipinski definition) is 1. The minimum atomic E-state index is -2.12. The van der Waals surface area contributed by atoms with Crippen molar-refractivity contribution in [3.8, 4) is 23.0 Å². The molecule has 0 aromatic heterocycles. The van der Waals surface area contributed by atoms with Crippen LogP contribution in [-0.4, -0.2) is 41.0 Å². The van der Waals surface area contributed by atoms with Crippen LogP contribution in [-0.2, 0) is 10.8 Å². The van der Waals surface area contributed by atoms with Crippen LogP contribution < -0.4 is 18.9 Å². The molecule has 2 aliphatic rings. The Hall–Kier alpha value is -2.22. The van der Waals surface area contributed by atoms with Crippen LogP contribution in [0.3, 0.4) is 0 Å². The number of aliphatic hydroxyl groups is 1. The molecule has 35 heavy (non-hydrogen) atoms. The summed E-state index contributed by atoms with van der Waals surface area (Å²) < 4.78 is 29.8. The van der Waals surface area contributed by atoms with Gasteiger partial charge in [-0.2, -0.15) is 0 Å². The lowest BCUT2D eigenvalue weighted by Crippen LogP contribution is -2.48. The minimum Gasteiger partial charge on any atom is -0.493 e. The second kappa shape index (κ2) is 10.0. The highest BCUT2D eigenvalue weighted by Gasteiger charge is 2.46. The van der Waals surface area contributed by atoms with Gasteiger partial charge in [0.25, 0.3) is 0 Å². The Morgan fingerprint density at radius 1 is 0.829 bits per heavy atom. The monoisotopic (exact) mass is 500 g/mol. The molecule has 0 unspecified atom stereocenters. The predicted molar refractivity (Wildman–Crippen MR) is 140 cm³/mol. The Bertz CT molecular complexity index is 1040. The molecule has 7 heteroatoms. The third-order valence-corrected chi connectivity index (χ3v) is 14.0. The van der Waals surface area contributed by atoms with Crippen molar-refractivity contribution in [2.24, 2.45) is 0 Å². The maximum atomic E-state index is 11.3. The topological polar surface area (TPSA) is 66.4 Å². The van der Waals surface area contributed by atoms with E-state index in [1.165, 1.54) is 0 Å². The Kier molecular flexibility index (Phi) is 7.41. The summed E-state index contributed by atoms with van der Waals surface area (Å²) in [5.41, 5.74) is 5.43. The molecule has 4 rings (SSSR count). The highest BCUT2D eigenvalue weighted by atomic mass is 28.4. The maximum absolute atomic E-state index is 11.3. The molecule has 1 aliphatic carbocycles. The number of benzene rings is 2. The van der Waals surface area contributed by atoms with Gasteiger partial charge in [0.15, 0.2) is 31.3 Å². The highest BCUT2D eigenvalue weighted by Crippen LogP contribution is 2.49. The summed E-state index contributed by atoms with van der Waals surface area (Å²) in [5.74, 6) is 2.64. The summed E-state index contributed by atoms with van der Waals surface area (Å²) in [6.45, 7) is 14.5. The fraction of sp³-hybridized carbons (Fsp3) is 0.571. The summed E-state index contributed by atoms with van der Waals surface area (Å²) in [6, 6.07) is 8.02. The normalized spacial score (nSPS) is 19.1. The quantitative estimate of drug-likeness (QED) is 0.426. The summed E-state index contributed by atoms with van der Waals surface area (Å²) in [6.07, 6.45) is -0.205.